The van der Waals surface area contributed by atoms with Crippen molar-refractivity contribution in [2.45, 2.75) is 12.7 Å². The van der Waals surface area contributed by atoms with Crippen LogP contribution in [-0.2, 0) is 22.7 Å². The van der Waals surface area contributed by atoms with E-state index in [4.69, 9.17) is 11.6 Å². The second-order valence-electron chi connectivity index (χ2n) is 5.16. The van der Waals surface area contributed by atoms with Crippen molar-refractivity contribution >= 4 is 38.6 Å². The number of sulfonamides is 1. The van der Waals surface area contributed by atoms with Gasteiger partial charge in [-0.2, -0.15) is 13.2 Å². The Labute approximate surface area is 159 Å². The Morgan fingerprint density at radius 3 is 2.59 bits per heavy atom. The number of thiazole rings is 1. The molecule has 14 heteroatoms. The molecule has 0 aliphatic heterocycles. The molecule has 8 nitrogen and oxygen atoms in total. The number of halogens is 4. The van der Waals surface area contributed by atoms with Crippen LogP contribution < -0.4 is 4.31 Å². The number of anilines is 1. The summed E-state index contributed by atoms with van der Waals surface area (Å²) >= 11 is 6.77. The topological polar surface area (TPSA) is 102 Å². The molecule has 3 aromatic rings. The van der Waals surface area contributed by atoms with Gasteiger partial charge in [0.05, 0.1) is 35.9 Å². The van der Waals surface area contributed by atoms with Crippen molar-refractivity contribution in [3.8, 4) is 10.8 Å². The summed E-state index contributed by atoms with van der Waals surface area (Å²) < 4.78 is 67.5. The summed E-state index contributed by atoms with van der Waals surface area (Å²) in [6, 6.07) is 1.41. The van der Waals surface area contributed by atoms with Crippen LogP contribution >= 0.6 is 22.9 Å². The smallest absolute Gasteiger partial charge is 0.412 e. The van der Waals surface area contributed by atoms with Crippen LogP contribution in [0, 0.1) is 0 Å². The Balaban J connectivity index is 1.88. The Morgan fingerprint density at radius 2 is 2.00 bits per heavy atom. The standard InChI is InChI=1S/C13H9ClF3N5O3S2/c1-27(23,24)22(8-2-7(14)3-18-4-8)6-10-19-5-9(26-10)11-20-21-12(25-11)13(15,16)17/h2-5H,6H2,1H3. The van der Waals surface area contributed by atoms with E-state index in [1.807, 2.05) is 0 Å². The molecule has 0 aromatic carbocycles. The molecule has 0 spiro atoms. The van der Waals surface area contributed by atoms with Crippen molar-refractivity contribution in [3.63, 3.8) is 0 Å². The van der Waals surface area contributed by atoms with Gasteiger partial charge in [0.25, 0.3) is 5.89 Å². The van der Waals surface area contributed by atoms with Crippen LogP contribution in [0.1, 0.15) is 10.9 Å². The SMILES string of the molecule is CS(=O)(=O)N(Cc1ncc(-c2nnc(C(F)(F)F)o2)s1)c1cncc(Cl)c1. The van der Waals surface area contributed by atoms with Crippen molar-refractivity contribution in [1.29, 1.82) is 0 Å². The van der Waals surface area contributed by atoms with Crippen molar-refractivity contribution in [1.82, 2.24) is 20.2 Å². The first kappa shape index (κ1) is 19.5. The van der Waals surface area contributed by atoms with Gasteiger partial charge in [-0.15, -0.1) is 21.5 Å². The maximum absolute atomic E-state index is 12.5. The summed E-state index contributed by atoms with van der Waals surface area (Å²) in [5.74, 6) is -1.84. The second-order valence-corrected chi connectivity index (χ2v) is 8.62. The number of hydrogen-bond donors (Lipinski definition) is 0. The summed E-state index contributed by atoms with van der Waals surface area (Å²) in [7, 11) is -3.70. The number of rotatable bonds is 5. The van der Waals surface area contributed by atoms with E-state index in [1.54, 1.807) is 0 Å². The normalized spacial score (nSPS) is 12.3. The molecule has 0 radical (unpaired) electrons. The average molecular weight is 440 g/mol. The molecule has 0 unspecified atom stereocenters. The van der Waals surface area contributed by atoms with Gasteiger partial charge in [0.15, 0.2) is 0 Å². The number of nitrogens with zero attached hydrogens (tertiary/aromatic N) is 5. The second kappa shape index (κ2) is 7.05. The molecule has 0 atom stereocenters. The molecule has 27 heavy (non-hydrogen) atoms. The summed E-state index contributed by atoms with van der Waals surface area (Å²) in [6.45, 7) is -0.175. The molecule has 0 fully saturated rings. The van der Waals surface area contributed by atoms with E-state index >= 15 is 0 Å². The molecule has 144 valence electrons. The van der Waals surface area contributed by atoms with Gasteiger partial charge in [-0.05, 0) is 6.07 Å². The van der Waals surface area contributed by atoms with Gasteiger partial charge >= 0.3 is 12.1 Å². The van der Waals surface area contributed by atoms with Gasteiger partial charge in [-0.3, -0.25) is 9.29 Å². The first-order chi connectivity index (χ1) is 12.5. The van der Waals surface area contributed by atoms with E-state index < -0.39 is 22.1 Å². The molecule has 0 amide bonds. The highest BCUT2D eigenvalue weighted by atomic mass is 35.5. The molecule has 0 aliphatic rings. The minimum atomic E-state index is -4.76. The minimum Gasteiger partial charge on any atom is -0.412 e. The molecule has 3 rings (SSSR count). The third kappa shape index (κ3) is 4.54. The van der Waals surface area contributed by atoms with E-state index in [0.29, 0.717) is 5.01 Å². The van der Waals surface area contributed by atoms with Crippen LogP contribution in [0.15, 0.2) is 29.1 Å². The van der Waals surface area contributed by atoms with Gasteiger partial charge in [-0.1, -0.05) is 11.6 Å². The Hall–Kier alpha value is -2.25. The number of alkyl halides is 3. The highest BCUT2D eigenvalue weighted by Gasteiger charge is 2.38. The lowest BCUT2D eigenvalue weighted by Crippen LogP contribution is -2.29. The summed E-state index contributed by atoms with van der Waals surface area (Å²) in [5, 5.41) is 6.81. The van der Waals surface area contributed by atoms with Gasteiger partial charge < -0.3 is 4.42 Å². The third-order valence-electron chi connectivity index (χ3n) is 3.09. The maximum Gasteiger partial charge on any atom is 0.470 e. The molecule has 0 saturated carbocycles. The lowest BCUT2D eigenvalue weighted by atomic mass is 10.4. The molecule has 3 aromatic heterocycles. The molecule has 0 saturated heterocycles. The summed E-state index contributed by atoms with van der Waals surface area (Å²) in [5.41, 5.74) is 0.221. The van der Waals surface area contributed by atoms with Crippen molar-refractivity contribution < 1.29 is 26.0 Å². The Kier molecular flexibility index (Phi) is 5.10. The largest absolute Gasteiger partial charge is 0.470 e. The number of aromatic nitrogens is 4. The highest BCUT2D eigenvalue weighted by Crippen LogP contribution is 2.33. The van der Waals surface area contributed by atoms with Crippen molar-refractivity contribution in [2.24, 2.45) is 0 Å². The van der Waals surface area contributed by atoms with Gasteiger partial charge in [0.2, 0.25) is 10.0 Å². The quantitative estimate of drug-likeness (QED) is 0.601. The van der Waals surface area contributed by atoms with Crippen molar-refractivity contribution in [3.05, 3.63) is 40.6 Å². The third-order valence-corrected chi connectivity index (χ3v) is 5.41. The zero-order valence-electron chi connectivity index (χ0n) is 13.3. The Bertz CT molecular complexity index is 1070. The zero-order chi connectivity index (χ0) is 19.8. The van der Waals surface area contributed by atoms with Crippen molar-refractivity contribution in [2.75, 3.05) is 10.6 Å². The molecular weight excluding hydrogens is 431 g/mol. The van der Waals surface area contributed by atoms with Crippen LogP contribution in [0.4, 0.5) is 18.9 Å². The minimum absolute atomic E-state index is 0.172. The predicted octanol–water partition coefficient (Wildman–Crippen LogP) is 3.23. The molecule has 0 bridgehead atoms. The summed E-state index contributed by atoms with van der Waals surface area (Å²) in [4.78, 5) is 8.03. The highest BCUT2D eigenvalue weighted by molar-refractivity contribution is 7.92. The van der Waals surface area contributed by atoms with Crippen LogP contribution in [-0.4, -0.2) is 34.8 Å². The van der Waals surface area contributed by atoms with E-state index in [1.165, 1.54) is 24.7 Å². The number of pyridine rings is 1. The van der Waals surface area contributed by atoms with Crippen LogP contribution in [0.5, 0.6) is 0 Å². The molecule has 3 heterocycles. The van der Waals surface area contributed by atoms with E-state index in [9.17, 15) is 21.6 Å². The zero-order valence-corrected chi connectivity index (χ0v) is 15.7. The van der Waals surface area contributed by atoms with E-state index in [-0.39, 0.29) is 28.0 Å². The van der Waals surface area contributed by atoms with Gasteiger partial charge in [0.1, 0.15) is 9.88 Å². The lowest BCUT2D eigenvalue weighted by Gasteiger charge is -2.20. The van der Waals surface area contributed by atoms with Crippen LogP contribution in [0.3, 0.4) is 0 Å². The molecular formula is C13H9ClF3N5O3S2. The first-order valence-electron chi connectivity index (χ1n) is 6.98. The molecule has 0 aliphatic carbocycles. The van der Waals surface area contributed by atoms with E-state index in [0.717, 1.165) is 21.9 Å². The molecule has 0 N–H and O–H groups in total. The monoisotopic (exact) mass is 439 g/mol. The van der Waals surface area contributed by atoms with Crippen LogP contribution in [0.2, 0.25) is 5.02 Å². The van der Waals surface area contributed by atoms with Gasteiger partial charge in [0, 0.05) is 6.20 Å². The predicted molar refractivity (Wildman–Crippen MR) is 90.7 cm³/mol. The fourth-order valence-corrected chi connectivity index (χ4v) is 3.90. The fourth-order valence-electron chi connectivity index (χ4n) is 1.98. The number of hydrogen-bond acceptors (Lipinski definition) is 8. The lowest BCUT2D eigenvalue weighted by molar-refractivity contribution is -0.156. The Morgan fingerprint density at radius 1 is 1.26 bits per heavy atom. The van der Waals surface area contributed by atoms with Gasteiger partial charge in [-0.25, -0.2) is 13.4 Å². The fraction of sp³-hybridized carbons (Fsp3) is 0.231. The summed E-state index contributed by atoms with van der Waals surface area (Å²) in [6.07, 6.45) is 0.127. The van der Waals surface area contributed by atoms with Crippen LogP contribution in [0.25, 0.3) is 10.8 Å². The average Bonchev–Trinajstić information content (AvgIpc) is 3.20. The first-order valence-corrected chi connectivity index (χ1v) is 10.0. The van der Waals surface area contributed by atoms with E-state index in [2.05, 4.69) is 24.6 Å². The maximum atomic E-state index is 12.5.